The second kappa shape index (κ2) is 7.62. The molecule has 0 aromatic rings. The van der Waals surface area contributed by atoms with E-state index in [1.807, 2.05) is 20.8 Å². The summed E-state index contributed by atoms with van der Waals surface area (Å²) in [5, 5.41) is 0. The highest BCUT2D eigenvalue weighted by Crippen LogP contribution is 2.17. The lowest BCUT2D eigenvalue weighted by molar-refractivity contribution is -0.130. The summed E-state index contributed by atoms with van der Waals surface area (Å²) in [5.41, 5.74) is -0.550. The number of Topliss-reactive ketones (excluding diaryl/α,β-unsaturated/α-hetero) is 1. The molecular formula is C15H27NO4. The molecule has 0 N–H and O–H groups in total. The van der Waals surface area contributed by atoms with Crippen molar-refractivity contribution < 1.29 is 19.1 Å². The van der Waals surface area contributed by atoms with Crippen LogP contribution in [0.5, 0.6) is 0 Å². The van der Waals surface area contributed by atoms with Crippen LogP contribution >= 0.6 is 0 Å². The Morgan fingerprint density at radius 3 is 2.60 bits per heavy atom. The zero-order valence-corrected chi connectivity index (χ0v) is 13.1. The molecule has 0 spiro atoms. The second-order valence-corrected chi connectivity index (χ2v) is 6.19. The summed E-state index contributed by atoms with van der Waals surface area (Å²) in [5.74, 6) is 0.0732. The van der Waals surface area contributed by atoms with E-state index in [2.05, 4.69) is 6.92 Å². The van der Waals surface area contributed by atoms with Gasteiger partial charge in [0.1, 0.15) is 11.6 Å². The van der Waals surface area contributed by atoms with E-state index in [0.717, 1.165) is 19.3 Å². The second-order valence-electron chi connectivity index (χ2n) is 6.19. The third-order valence-corrected chi connectivity index (χ3v) is 3.15. The predicted molar refractivity (Wildman–Crippen MR) is 76.7 cm³/mol. The average Bonchev–Trinajstić information content (AvgIpc) is 2.37. The maximum Gasteiger partial charge on any atom is 0.411 e. The minimum atomic E-state index is -0.550. The van der Waals surface area contributed by atoms with E-state index < -0.39 is 17.7 Å². The number of hydrogen-bond donors (Lipinski definition) is 0. The van der Waals surface area contributed by atoms with E-state index in [4.69, 9.17) is 9.47 Å². The van der Waals surface area contributed by atoms with Crippen molar-refractivity contribution in [3.63, 3.8) is 0 Å². The molecule has 1 atom stereocenters. The van der Waals surface area contributed by atoms with Crippen LogP contribution in [0.4, 0.5) is 4.79 Å². The van der Waals surface area contributed by atoms with Crippen molar-refractivity contribution in [1.29, 1.82) is 0 Å². The van der Waals surface area contributed by atoms with Gasteiger partial charge >= 0.3 is 6.09 Å². The lowest BCUT2D eigenvalue weighted by Crippen LogP contribution is -2.53. The molecule has 0 aromatic carbocycles. The maximum atomic E-state index is 12.2. The SMILES string of the molecule is CCCCCC(=O)C1COCCN1C(=O)OC(C)(C)C. The highest BCUT2D eigenvalue weighted by Gasteiger charge is 2.34. The quantitative estimate of drug-likeness (QED) is 0.729. The molecule has 20 heavy (non-hydrogen) atoms. The van der Waals surface area contributed by atoms with Gasteiger partial charge in [0.2, 0.25) is 0 Å². The van der Waals surface area contributed by atoms with E-state index in [1.54, 1.807) is 0 Å². The van der Waals surface area contributed by atoms with Gasteiger partial charge in [-0.15, -0.1) is 0 Å². The molecule has 1 aliphatic heterocycles. The molecule has 1 aliphatic rings. The van der Waals surface area contributed by atoms with Crippen molar-refractivity contribution in [3.05, 3.63) is 0 Å². The van der Waals surface area contributed by atoms with Crippen molar-refractivity contribution >= 4 is 11.9 Å². The molecule has 0 radical (unpaired) electrons. The summed E-state index contributed by atoms with van der Waals surface area (Å²) >= 11 is 0. The normalized spacial score (nSPS) is 19.8. The molecule has 5 nitrogen and oxygen atoms in total. The van der Waals surface area contributed by atoms with Crippen LogP contribution in [0.2, 0.25) is 0 Å². The molecule has 1 amide bonds. The van der Waals surface area contributed by atoms with Crippen molar-refractivity contribution in [2.75, 3.05) is 19.8 Å². The Bertz CT molecular complexity index is 335. The number of carbonyl (C=O) groups is 2. The number of nitrogens with zero attached hydrogens (tertiary/aromatic N) is 1. The molecule has 0 aromatic heterocycles. The minimum absolute atomic E-state index is 0.0732. The van der Waals surface area contributed by atoms with Gasteiger partial charge in [-0.25, -0.2) is 4.79 Å². The van der Waals surface area contributed by atoms with E-state index in [0.29, 0.717) is 19.6 Å². The van der Waals surface area contributed by atoms with Gasteiger partial charge in [0.25, 0.3) is 0 Å². The van der Waals surface area contributed by atoms with E-state index in [1.165, 1.54) is 4.90 Å². The molecule has 1 heterocycles. The fraction of sp³-hybridized carbons (Fsp3) is 0.867. The van der Waals surface area contributed by atoms with Crippen LogP contribution in [0.15, 0.2) is 0 Å². The highest BCUT2D eigenvalue weighted by molar-refractivity contribution is 5.87. The number of carbonyl (C=O) groups excluding carboxylic acids is 2. The monoisotopic (exact) mass is 285 g/mol. The lowest BCUT2D eigenvalue weighted by Gasteiger charge is -2.35. The number of rotatable bonds is 5. The summed E-state index contributed by atoms with van der Waals surface area (Å²) < 4.78 is 10.7. The van der Waals surface area contributed by atoms with Crippen molar-refractivity contribution in [2.45, 2.75) is 65.0 Å². The summed E-state index contributed by atoms with van der Waals surface area (Å²) in [6.45, 7) is 8.72. The third kappa shape index (κ3) is 5.49. The van der Waals surface area contributed by atoms with Gasteiger partial charge in [0, 0.05) is 13.0 Å². The molecule has 1 rings (SSSR count). The molecule has 0 aliphatic carbocycles. The summed E-state index contributed by atoms with van der Waals surface area (Å²) in [6, 6.07) is -0.490. The smallest absolute Gasteiger partial charge is 0.411 e. The van der Waals surface area contributed by atoms with Crippen LogP contribution < -0.4 is 0 Å². The van der Waals surface area contributed by atoms with Gasteiger partial charge in [-0.2, -0.15) is 0 Å². The number of ketones is 1. The van der Waals surface area contributed by atoms with Crippen molar-refractivity contribution in [3.8, 4) is 0 Å². The molecule has 0 saturated carbocycles. The fourth-order valence-corrected chi connectivity index (χ4v) is 2.13. The zero-order valence-electron chi connectivity index (χ0n) is 13.1. The van der Waals surface area contributed by atoms with Crippen LogP contribution in [0.1, 0.15) is 53.4 Å². The van der Waals surface area contributed by atoms with Crippen LogP contribution in [-0.4, -0.2) is 48.2 Å². The Labute approximate surface area is 121 Å². The summed E-state index contributed by atoms with van der Waals surface area (Å²) in [6.07, 6.45) is 3.06. The molecule has 0 bridgehead atoms. The standard InChI is InChI=1S/C15H27NO4/c1-5-6-7-8-13(17)12-11-19-10-9-16(12)14(18)20-15(2,3)4/h12H,5-11H2,1-4H3. The summed E-state index contributed by atoms with van der Waals surface area (Å²) in [7, 11) is 0. The van der Waals surface area contributed by atoms with E-state index in [9.17, 15) is 9.59 Å². The molecule has 1 unspecified atom stereocenters. The summed E-state index contributed by atoms with van der Waals surface area (Å²) in [4.78, 5) is 25.9. The largest absolute Gasteiger partial charge is 0.444 e. The van der Waals surface area contributed by atoms with Gasteiger partial charge in [-0.1, -0.05) is 19.8 Å². The Kier molecular flexibility index (Phi) is 6.46. The first-order valence-corrected chi connectivity index (χ1v) is 7.45. The first-order valence-electron chi connectivity index (χ1n) is 7.45. The number of ether oxygens (including phenoxy) is 2. The Hall–Kier alpha value is -1.10. The zero-order chi connectivity index (χ0) is 15.2. The number of morpholine rings is 1. The number of unbranched alkanes of at least 4 members (excludes halogenated alkanes) is 2. The van der Waals surface area contributed by atoms with E-state index in [-0.39, 0.29) is 12.4 Å². The highest BCUT2D eigenvalue weighted by atomic mass is 16.6. The average molecular weight is 285 g/mol. The fourth-order valence-electron chi connectivity index (χ4n) is 2.13. The maximum absolute atomic E-state index is 12.2. The Morgan fingerprint density at radius 1 is 1.30 bits per heavy atom. The molecule has 1 saturated heterocycles. The van der Waals surface area contributed by atoms with Gasteiger partial charge in [0.05, 0.1) is 13.2 Å². The van der Waals surface area contributed by atoms with Gasteiger partial charge in [0.15, 0.2) is 5.78 Å². The first-order chi connectivity index (χ1) is 9.35. The van der Waals surface area contributed by atoms with Gasteiger partial charge < -0.3 is 9.47 Å². The first kappa shape index (κ1) is 17.0. The third-order valence-electron chi connectivity index (χ3n) is 3.15. The van der Waals surface area contributed by atoms with Crippen LogP contribution in [0, 0.1) is 0 Å². The molecule has 116 valence electrons. The topological polar surface area (TPSA) is 55.8 Å². The van der Waals surface area contributed by atoms with Crippen molar-refractivity contribution in [2.24, 2.45) is 0 Å². The van der Waals surface area contributed by atoms with Crippen LogP contribution in [-0.2, 0) is 14.3 Å². The number of hydrogen-bond acceptors (Lipinski definition) is 4. The van der Waals surface area contributed by atoms with Crippen molar-refractivity contribution in [1.82, 2.24) is 4.90 Å². The van der Waals surface area contributed by atoms with Gasteiger partial charge in [-0.3, -0.25) is 9.69 Å². The molecule has 5 heteroatoms. The number of amides is 1. The Morgan fingerprint density at radius 2 is 2.00 bits per heavy atom. The lowest BCUT2D eigenvalue weighted by atomic mass is 10.0. The minimum Gasteiger partial charge on any atom is -0.444 e. The van der Waals surface area contributed by atoms with Gasteiger partial charge in [-0.05, 0) is 27.2 Å². The van der Waals surface area contributed by atoms with E-state index >= 15 is 0 Å². The van der Waals surface area contributed by atoms with Crippen LogP contribution in [0.3, 0.4) is 0 Å². The molecule has 1 fully saturated rings. The predicted octanol–water partition coefficient (Wildman–Crippen LogP) is 2.77. The molecular weight excluding hydrogens is 258 g/mol. The van der Waals surface area contributed by atoms with Crippen LogP contribution in [0.25, 0.3) is 0 Å². The Balaban J connectivity index is 2.61.